The molecular formula is C10H15N3OS. The molecule has 0 unspecified atom stereocenters. The monoisotopic (exact) mass is 225 g/mol. The lowest BCUT2D eigenvalue weighted by atomic mass is 10.0. The third-order valence-electron chi connectivity index (χ3n) is 2.94. The molecule has 5 heteroatoms. The average Bonchev–Trinajstić information content (AvgIpc) is 2.87. The smallest absolute Gasteiger partial charge is 0.270 e. The number of hydrogen-bond donors (Lipinski definition) is 2. The van der Waals surface area contributed by atoms with Gasteiger partial charge in [-0.05, 0) is 25.3 Å². The van der Waals surface area contributed by atoms with Crippen LogP contribution in [0, 0.1) is 5.92 Å². The third kappa shape index (κ3) is 2.35. The lowest BCUT2D eigenvalue weighted by molar-refractivity contribution is 0.0924. The quantitative estimate of drug-likeness (QED) is 0.806. The fourth-order valence-corrected chi connectivity index (χ4v) is 2.61. The van der Waals surface area contributed by atoms with E-state index in [1.54, 1.807) is 10.9 Å². The number of rotatable bonds is 3. The highest BCUT2D eigenvalue weighted by molar-refractivity contribution is 7.07. The Bertz CT molecular complexity index is 325. The molecule has 0 radical (unpaired) electrons. The molecule has 1 aliphatic carbocycles. The highest BCUT2D eigenvalue weighted by atomic mass is 32.1. The molecule has 1 heterocycles. The molecule has 3 N–H and O–H groups in total. The Balaban J connectivity index is 1.94. The van der Waals surface area contributed by atoms with Crippen LogP contribution < -0.4 is 11.1 Å². The van der Waals surface area contributed by atoms with E-state index < -0.39 is 0 Å². The maximum Gasteiger partial charge on any atom is 0.270 e. The van der Waals surface area contributed by atoms with Crippen LogP contribution >= 0.6 is 11.3 Å². The average molecular weight is 225 g/mol. The van der Waals surface area contributed by atoms with Crippen LogP contribution in [0.4, 0.5) is 0 Å². The molecule has 0 bridgehead atoms. The van der Waals surface area contributed by atoms with Gasteiger partial charge in [0.1, 0.15) is 5.69 Å². The molecule has 2 atom stereocenters. The van der Waals surface area contributed by atoms with Crippen LogP contribution in [0.2, 0.25) is 0 Å². The number of nitrogens with one attached hydrogen (secondary N) is 1. The molecule has 1 aromatic heterocycles. The summed E-state index contributed by atoms with van der Waals surface area (Å²) in [6.07, 6.45) is 3.32. The summed E-state index contributed by atoms with van der Waals surface area (Å²) in [5.74, 6) is 0.370. The standard InChI is InChI=1S/C10H15N3OS/c11-4-7-2-1-3-8(7)13-10(14)9-5-15-6-12-9/h5-8H,1-4,11H2,(H,13,14)/t7-,8-/m1/s1. The van der Waals surface area contributed by atoms with Crippen LogP contribution in [0.25, 0.3) is 0 Å². The number of nitrogens with two attached hydrogens (primary N) is 1. The van der Waals surface area contributed by atoms with E-state index in [0.29, 0.717) is 18.2 Å². The number of nitrogens with zero attached hydrogens (tertiary/aromatic N) is 1. The minimum Gasteiger partial charge on any atom is -0.348 e. The second kappa shape index (κ2) is 4.72. The van der Waals surface area contributed by atoms with Crippen LogP contribution in [-0.2, 0) is 0 Å². The molecule has 1 aromatic rings. The summed E-state index contributed by atoms with van der Waals surface area (Å²) in [4.78, 5) is 15.7. The summed E-state index contributed by atoms with van der Waals surface area (Å²) in [6.45, 7) is 0.655. The van der Waals surface area contributed by atoms with E-state index >= 15 is 0 Å². The van der Waals surface area contributed by atoms with Gasteiger partial charge in [-0.3, -0.25) is 4.79 Å². The molecular weight excluding hydrogens is 210 g/mol. The number of carbonyl (C=O) groups is 1. The van der Waals surface area contributed by atoms with Crippen molar-refractivity contribution in [2.45, 2.75) is 25.3 Å². The normalized spacial score (nSPS) is 25.4. The van der Waals surface area contributed by atoms with Crippen molar-refractivity contribution < 1.29 is 4.79 Å². The molecule has 0 aliphatic heterocycles. The van der Waals surface area contributed by atoms with E-state index in [1.165, 1.54) is 11.3 Å². The van der Waals surface area contributed by atoms with Gasteiger partial charge in [-0.1, -0.05) is 6.42 Å². The molecule has 0 saturated heterocycles. The minimum absolute atomic E-state index is 0.0680. The van der Waals surface area contributed by atoms with E-state index in [2.05, 4.69) is 10.3 Å². The zero-order valence-corrected chi connectivity index (χ0v) is 9.30. The molecule has 2 rings (SSSR count). The second-order valence-electron chi connectivity index (χ2n) is 3.88. The van der Waals surface area contributed by atoms with Crippen molar-refractivity contribution in [1.82, 2.24) is 10.3 Å². The van der Waals surface area contributed by atoms with E-state index in [9.17, 15) is 4.79 Å². The van der Waals surface area contributed by atoms with Crippen LogP contribution in [-0.4, -0.2) is 23.5 Å². The first-order valence-corrected chi connectivity index (χ1v) is 6.14. The van der Waals surface area contributed by atoms with Crippen molar-refractivity contribution in [3.8, 4) is 0 Å². The van der Waals surface area contributed by atoms with Gasteiger partial charge in [0.05, 0.1) is 5.51 Å². The Hall–Kier alpha value is -0.940. The van der Waals surface area contributed by atoms with Crippen molar-refractivity contribution >= 4 is 17.2 Å². The molecule has 0 aromatic carbocycles. The van der Waals surface area contributed by atoms with Gasteiger partial charge in [0, 0.05) is 11.4 Å². The molecule has 15 heavy (non-hydrogen) atoms. The van der Waals surface area contributed by atoms with Gasteiger partial charge in [-0.2, -0.15) is 0 Å². The fourth-order valence-electron chi connectivity index (χ4n) is 2.08. The topological polar surface area (TPSA) is 68.0 Å². The molecule has 0 spiro atoms. The Labute approximate surface area is 92.9 Å². The first kappa shape index (κ1) is 10.6. The van der Waals surface area contributed by atoms with Crippen molar-refractivity contribution in [2.75, 3.05) is 6.54 Å². The first-order valence-electron chi connectivity index (χ1n) is 5.20. The molecule has 1 amide bonds. The predicted octanol–water partition coefficient (Wildman–Crippen LogP) is 1.00. The first-order chi connectivity index (χ1) is 7.31. The highest BCUT2D eigenvalue weighted by Gasteiger charge is 2.27. The Kier molecular flexibility index (Phi) is 3.33. The molecule has 4 nitrogen and oxygen atoms in total. The van der Waals surface area contributed by atoms with Crippen LogP contribution in [0.15, 0.2) is 10.9 Å². The largest absolute Gasteiger partial charge is 0.348 e. The molecule has 1 fully saturated rings. The third-order valence-corrected chi connectivity index (χ3v) is 3.53. The van der Waals surface area contributed by atoms with Crippen LogP contribution in [0.5, 0.6) is 0 Å². The lowest BCUT2D eigenvalue weighted by Gasteiger charge is -2.18. The highest BCUT2D eigenvalue weighted by Crippen LogP contribution is 2.24. The molecule has 82 valence electrons. The van der Waals surface area contributed by atoms with Crippen molar-refractivity contribution in [2.24, 2.45) is 11.7 Å². The summed E-state index contributed by atoms with van der Waals surface area (Å²) in [5, 5.41) is 4.77. The zero-order chi connectivity index (χ0) is 10.7. The SMILES string of the molecule is NC[C@H]1CCC[C@H]1NC(=O)c1cscn1. The minimum atomic E-state index is -0.0680. The van der Waals surface area contributed by atoms with Gasteiger partial charge in [0.25, 0.3) is 5.91 Å². The predicted molar refractivity (Wildman–Crippen MR) is 59.8 cm³/mol. The van der Waals surface area contributed by atoms with Gasteiger partial charge in [-0.15, -0.1) is 11.3 Å². The van der Waals surface area contributed by atoms with Crippen LogP contribution in [0.3, 0.4) is 0 Å². The number of thiazole rings is 1. The summed E-state index contributed by atoms with van der Waals surface area (Å²) in [6, 6.07) is 0.240. The van der Waals surface area contributed by atoms with E-state index in [1.807, 2.05) is 0 Å². The van der Waals surface area contributed by atoms with E-state index in [0.717, 1.165) is 19.3 Å². The van der Waals surface area contributed by atoms with E-state index in [-0.39, 0.29) is 11.9 Å². The Morgan fingerprint density at radius 1 is 1.67 bits per heavy atom. The molecule has 1 saturated carbocycles. The van der Waals surface area contributed by atoms with Gasteiger partial charge in [-0.25, -0.2) is 4.98 Å². The maximum atomic E-state index is 11.7. The summed E-state index contributed by atoms with van der Waals surface area (Å²) in [5.41, 5.74) is 7.84. The summed E-state index contributed by atoms with van der Waals surface area (Å²) >= 11 is 1.44. The van der Waals surface area contributed by atoms with E-state index in [4.69, 9.17) is 5.73 Å². The number of amides is 1. The maximum absolute atomic E-state index is 11.7. The molecule has 1 aliphatic rings. The van der Waals surface area contributed by atoms with Gasteiger partial charge in [0.2, 0.25) is 0 Å². The summed E-state index contributed by atoms with van der Waals surface area (Å²) in [7, 11) is 0. The van der Waals surface area contributed by atoms with Crippen LogP contribution in [0.1, 0.15) is 29.8 Å². The van der Waals surface area contributed by atoms with Crippen molar-refractivity contribution in [3.05, 3.63) is 16.6 Å². The van der Waals surface area contributed by atoms with Crippen molar-refractivity contribution in [3.63, 3.8) is 0 Å². The van der Waals surface area contributed by atoms with Gasteiger partial charge in [0.15, 0.2) is 0 Å². The lowest BCUT2D eigenvalue weighted by Crippen LogP contribution is -2.39. The summed E-state index contributed by atoms with van der Waals surface area (Å²) < 4.78 is 0. The van der Waals surface area contributed by atoms with Gasteiger partial charge >= 0.3 is 0 Å². The Morgan fingerprint density at radius 3 is 3.20 bits per heavy atom. The second-order valence-corrected chi connectivity index (χ2v) is 4.60. The Morgan fingerprint density at radius 2 is 2.53 bits per heavy atom. The number of carbonyl (C=O) groups excluding carboxylic acids is 1. The number of hydrogen-bond acceptors (Lipinski definition) is 4. The fraction of sp³-hybridized carbons (Fsp3) is 0.600. The van der Waals surface area contributed by atoms with Crippen molar-refractivity contribution in [1.29, 1.82) is 0 Å². The zero-order valence-electron chi connectivity index (χ0n) is 8.48. The van der Waals surface area contributed by atoms with Gasteiger partial charge < -0.3 is 11.1 Å². The number of aromatic nitrogens is 1.